The largest absolute Gasteiger partial charge is 0.748 e. The van der Waals surface area contributed by atoms with Crippen molar-refractivity contribution in [2.75, 3.05) is 83.7 Å². The zero-order valence-corrected chi connectivity index (χ0v) is 40.7. The quantitative estimate of drug-likeness (QED) is 0.0517. The Kier molecular flexibility index (Phi) is 19.0. The van der Waals surface area contributed by atoms with E-state index in [0.717, 1.165) is 0 Å². The first kappa shape index (κ1) is 54.0. The fourth-order valence-electron chi connectivity index (χ4n) is 8.47. The molecule has 0 bridgehead atoms. The van der Waals surface area contributed by atoms with Crippen LogP contribution in [0.1, 0.15) is 76.3 Å². The summed E-state index contributed by atoms with van der Waals surface area (Å²) in [4.78, 5) is 13.2. The number of unbranched alkanes of at least 4 members (excludes halogenated alkanes) is 2. The van der Waals surface area contributed by atoms with Crippen LogP contribution >= 0.6 is 0 Å². The van der Waals surface area contributed by atoms with Gasteiger partial charge in [-0.2, -0.15) is 13.0 Å². The van der Waals surface area contributed by atoms with Crippen LogP contribution in [0, 0.1) is 0 Å². The summed E-state index contributed by atoms with van der Waals surface area (Å²) in [5.74, 6) is -2.15. The average molecular weight is 991 g/mol. The van der Waals surface area contributed by atoms with E-state index in [2.05, 4.69) is 9.44 Å². The first-order valence-electron chi connectivity index (χ1n) is 21.1. The number of rotatable bonds is 29. The van der Waals surface area contributed by atoms with Crippen molar-refractivity contribution in [1.82, 2.24) is 9.44 Å². The molecule has 364 valence electrons. The number of aliphatic carboxylic acids is 1. The molecule has 19 nitrogen and oxygen atoms in total. The topological polar surface area (TPSA) is 275 Å². The van der Waals surface area contributed by atoms with E-state index >= 15 is 0 Å². The van der Waals surface area contributed by atoms with Crippen molar-refractivity contribution in [3.05, 3.63) is 71.5 Å². The van der Waals surface area contributed by atoms with Gasteiger partial charge in [0, 0.05) is 94.1 Å². The number of carbonyl (C=O) groups is 1. The Labute approximate surface area is 383 Å². The maximum Gasteiger partial charge on any atom is 0.303 e. The highest BCUT2D eigenvalue weighted by atomic mass is 32.2. The lowest BCUT2D eigenvalue weighted by Gasteiger charge is -2.30. The third-order valence-corrected chi connectivity index (χ3v) is 16.2. The molecule has 0 radical (unpaired) electrons. The summed E-state index contributed by atoms with van der Waals surface area (Å²) in [6, 6.07) is 9.36. The standard InChI is InChI=1S/C42H62N4O15S4/c1-41(19-10-28-62(49,50)51)34-30-32(64(55,56)43-21-25-59-3)15-17-36(34)45(23-8-6-7-14-40(47)48)38(41)12-9-13-39-42(2,20-11-29-63(52,53)54)35-31-33(65(57,58)44-22-26-60-4)16-18-37(35)46(39)24-27-61-5/h9,12-13,15-18,30-31,43-44H,6-8,10-11,14,19-29H2,1-5H3,(H2-,47,48,49,50,51,52,53,54). The van der Waals surface area contributed by atoms with E-state index < -0.39 is 68.6 Å². The number of carboxylic acids is 1. The van der Waals surface area contributed by atoms with Gasteiger partial charge in [-0.1, -0.05) is 6.08 Å². The lowest BCUT2D eigenvalue weighted by Crippen LogP contribution is -2.33. The fraction of sp³-hybridized carbons (Fsp3) is 0.571. The molecule has 2 aromatic rings. The Morgan fingerprint density at radius 1 is 0.769 bits per heavy atom. The molecule has 0 saturated carbocycles. The molecule has 2 aliphatic heterocycles. The van der Waals surface area contributed by atoms with Crippen molar-refractivity contribution < 1.29 is 71.5 Å². The molecule has 0 saturated heterocycles. The Balaban J connectivity index is 1.94. The number of fused-ring (bicyclic) bond motifs is 2. The summed E-state index contributed by atoms with van der Waals surface area (Å²) in [5, 5.41) is 9.25. The number of nitrogens with zero attached hydrogens (tertiary/aromatic N) is 2. The molecule has 2 aliphatic rings. The maximum atomic E-state index is 13.5. The third-order valence-electron chi connectivity index (χ3n) is 11.7. The third kappa shape index (κ3) is 14.2. The van der Waals surface area contributed by atoms with Gasteiger partial charge in [0.15, 0.2) is 5.71 Å². The molecule has 0 amide bonds. The first-order valence-corrected chi connectivity index (χ1v) is 27.3. The Morgan fingerprint density at radius 3 is 1.91 bits per heavy atom. The number of carboxylic acid groups (broad SMARTS) is 1. The molecule has 2 aromatic carbocycles. The van der Waals surface area contributed by atoms with E-state index in [0.29, 0.717) is 66.3 Å². The second-order valence-electron chi connectivity index (χ2n) is 16.4. The molecule has 4 N–H and O–H groups in total. The molecule has 65 heavy (non-hydrogen) atoms. The second kappa shape index (κ2) is 22.9. The molecule has 0 fully saturated rings. The molecule has 0 aliphatic carbocycles. The van der Waals surface area contributed by atoms with Crippen LogP contribution in [0.4, 0.5) is 11.4 Å². The van der Waals surface area contributed by atoms with Crippen LogP contribution in [0.5, 0.6) is 0 Å². The van der Waals surface area contributed by atoms with Gasteiger partial charge in [0.05, 0.1) is 50.9 Å². The van der Waals surface area contributed by atoms with Crippen LogP contribution in [-0.2, 0) is 70.1 Å². The fourth-order valence-corrected chi connectivity index (χ4v) is 11.6. The molecule has 4 rings (SSSR count). The van der Waals surface area contributed by atoms with Crippen LogP contribution in [0.25, 0.3) is 0 Å². The van der Waals surface area contributed by atoms with Gasteiger partial charge >= 0.3 is 5.97 Å². The molecule has 0 aromatic heterocycles. The monoisotopic (exact) mass is 990 g/mol. The predicted molar refractivity (Wildman–Crippen MR) is 244 cm³/mol. The van der Waals surface area contributed by atoms with E-state index in [-0.39, 0.29) is 74.8 Å². The van der Waals surface area contributed by atoms with Crippen molar-refractivity contribution in [3.63, 3.8) is 0 Å². The number of nitrogens with one attached hydrogen (secondary N) is 2. The lowest BCUT2D eigenvalue weighted by atomic mass is 9.75. The van der Waals surface area contributed by atoms with Gasteiger partial charge in [-0.3, -0.25) is 9.35 Å². The number of methoxy groups -OCH3 is 3. The minimum Gasteiger partial charge on any atom is -0.748 e. The van der Waals surface area contributed by atoms with E-state index in [1.54, 1.807) is 24.3 Å². The van der Waals surface area contributed by atoms with Crippen LogP contribution in [0.15, 0.2) is 70.1 Å². The Bertz CT molecular complexity index is 2560. The number of allylic oxidation sites excluding steroid dienone is 4. The molecule has 2 atom stereocenters. The van der Waals surface area contributed by atoms with Crippen molar-refractivity contribution in [2.24, 2.45) is 0 Å². The number of anilines is 1. The number of hydrogen-bond donors (Lipinski definition) is 4. The zero-order valence-electron chi connectivity index (χ0n) is 37.4. The molecule has 2 heterocycles. The van der Waals surface area contributed by atoms with Crippen molar-refractivity contribution in [2.45, 2.75) is 85.8 Å². The first-order chi connectivity index (χ1) is 30.4. The maximum absolute atomic E-state index is 13.5. The lowest BCUT2D eigenvalue weighted by molar-refractivity contribution is -0.438. The van der Waals surface area contributed by atoms with E-state index in [1.165, 1.54) is 39.5 Å². The SMILES string of the molecule is COCCNS(=O)(=O)c1ccc2c(c1)C(C)(CCCS(=O)(=O)[O-])C(/C=C/C=C1/N(CCOC)c3ccc(S(=O)(=O)NCCOC)cc3C1(C)CCCS(=O)(=O)O)=[N+]2CCCCCC(=O)O. The summed E-state index contributed by atoms with van der Waals surface area (Å²) in [6.07, 6.45) is 7.07. The highest BCUT2D eigenvalue weighted by Gasteiger charge is 2.48. The smallest absolute Gasteiger partial charge is 0.303 e. The molecule has 23 heteroatoms. The van der Waals surface area contributed by atoms with Gasteiger partial charge in [-0.25, -0.2) is 34.7 Å². The highest BCUT2D eigenvalue weighted by Crippen LogP contribution is 2.51. The van der Waals surface area contributed by atoms with Crippen molar-refractivity contribution >= 4 is 63.3 Å². The van der Waals surface area contributed by atoms with Crippen LogP contribution in [0.2, 0.25) is 0 Å². The minimum atomic E-state index is -4.62. The van der Waals surface area contributed by atoms with Gasteiger partial charge < -0.3 is 28.8 Å². The Morgan fingerprint density at radius 2 is 1.34 bits per heavy atom. The Hall–Kier alpha value is -3.62. The minimum absolute atomic E-state index is 0.00557. The molecular formula is C42H62N4O15S4. The molecular weight excluding hydrogens is 929 g/mol. The van der Waals surface area contributed by atoms with E-state index in [9.17, 15) is 52.7 Å². The average Bonchev–Trinajstić information content (AvgIpc) is 3.58. The van der Waals surface area contributed by atoms with E-state index in [1.807, 2.05) is 35.5 Å². The zero-order chi connectivity index (χ0) is 48.3. The summed E-state index contributed by atoms with van der Waals surface area (Å²) in [7, 11) is -12.6. The van der Waals surface area contributed by atoms with E-state index in [4.69, 9.17) is 14.2 Å². The van der Waals surface area contributed by atoms with Crippen LogP contribution < -0.4 is 14.3 Å². The van der Waals surface area contributed by atoms with Crippen molar-refractivity contribution in [3.8, 4) is 0 Å². The van der Waals surface area contributed by atoms with Gasteiger partial charge in [-0.15, -0.1) is 0 Å². The second-order valence-corrected chi connectivity index (χ2v) is 23.0. The normalized spacial score (nSPS) is 19.7. The van der Waals surface area contributed by atoms with Gasteiger partial charge in [0.2, 0.25) is 25.7 Å². The van der Waals surface area contributed by atoms with Gasteiger partial charge in [-0.05, 0) is 94.3 Å². The number of ether oxygens (including phenoxy) is 3. The van der Waals surface area contributed by atoms with Crippen LogP contribution in [-0.4, -0.2) is 143 Å². The molecule has 0 spiro atoms. The predicted octanol–water partition coefficient (Wildman–Crippen LogP) is 3.40. The summed E-state index contributed by atoms with van der Waals surface area (Å²) in [6.45, 7) is 4.90. The van der Waals surface area contributed by atoms with Gasteiger partial charge in [0.25, 0.3) is 10.1 Å². The summed E-state index contributed by atoms with van der Waals surface area (Å²) in [5.41, 5.74) is 1.60. The number of benzene rings is 2. The van der Waals surface area contributed by atoms with Gasteiger partial charge in [0.1, 0.15) is 6.54 Å². The van der Waals surface area contributed by atoms with Crippen molar-refractivity contribution in [1.29, 1.82) is 0 Å². The number of hydrogen-bond acceptors (Lipinski definition) is 14. The van der Waals surface area contributed by atoms with Crippen LogP contribution in [0.3, 0.4) is 0 Å². The highest BCUT2D eigenvalue weighted by molar-refractivity contribution is 7.89. The summed E-state index contributed by atoms with van der Waals surface area (Å²) >= 11 is 0. The summed E-state index contributed by atoms with van der Waals surface area (Å²) < 4.78 is 146. The molecule has 2 unspecified atom stereocenters. The number of sulfonamides is 2.